The van der Waals surface area contributed by atoms with Crippen molar-refractivity contribution in [3.8, 4) is 28.3 Å². The average molecular weight is 665 g/mol. The van der Waals surface area contributed by atoms with Crippen LogP contribution < -0.4 is 4.90 Å². The Labute approximate surface area is 301 Å². The predicted molar refractivity (Wildman–Crippen MR) is 217 cm³/mol. The highest BCUT2D eigenvalue weighted by atomic mass is 15.1. The van der Waals surface area contributed by atoms with Crippen molar-refractivity contribution in [2.75, 3.05) is 4.90 Å². The van der Waals surface area contributed by atoms with Gasteiger partial charge in [-0.05, 0) is 77.5 Å². The molecule has 0 atom stereocenters. The van der Waals surface area contributed by atoms with Gasteiger partial charge in [0.15, 0.2) is 0 Å². The molecule has 2 aromatic heterocycles. The number of imidazole rings is 1. The maximum Gasteiger partial charge on any atom is 0.146 e. The Morgan fingerprint density at radius 1 is 0.385 bits per heavy atom. The zero-order chi connectivity index (χ0) is 34.4. The molecule has 2 heterocycles. The van der Waals surface area contributed by atoms with Gasteiger partial charge in [-0.3, -0.25) is 4.57 Å². The first-order chi connectivity index (χ1) is 25.8. The smallest absolute Gasteiger partial charge is 0.146 e. The zero-order valence-corrected chi connectivity index (χ0v) is 28.3. The SMILES string of the molecule is c1ccc(N(c2ccccc2)c2ccc(-c3nc4ccccc4c4c3ccc3c(-c5nc6ccccc6n5-c5ccccc5)cccc34)cc2)cc1. The molecular formula is C48H32N4. The van der Waals surface area contributed by atoms with E-state index in [4.69, 9.17) is 9.97 Å². The predicted octanol–water partition coefficient (Wildman–Crippen LogP) is 12.7. The van der Waals surface area contributed by atoms with Crippen molar-refractivity contribution in [3.63, 3.8) is 0 Å². The largest absolute Gasteiger partial charge is 0.311 e. The second-order valence-electron chi connectivity index (χ2n) is 13.0. The maximum atomic E-state index is 5.30. The summed E-state index contributed by atoms with van der Waals surface area (Å²) in [6, 6.07) is 68.3. The third-order valence-corrected chi connectivity index (χ3v) is 9.97. The first kappa shape index (κ1) is 29.8. The third kappa shape index (κ3) is 4.92. The number of benzene rings is 8. The molecule has 244 valence electrons. The molecule has 0 saturated heterocycles. The van der Waals surface area contributed by atoms with Gasteiger partial charge < -0.3 is 4.90 Å². The zero-order valence-electron chi connectivity index (χ0n) is 28.3. The van der Waals surface area contributed by atoms with E-state index in [-0.39, 0.29) is 0 Å². The molecule has 8 aromatic carbocycles. The fourth-order valence-corrected chi connectivity index (χ4v) is 7.64. The van der Waals surface area contributed by atoms with Crippen LogP contribution in [0, 0.1) is 0 Å². The average Bonchev–Trinajstić information content (AvgIpc) is 3.61. The van der Waals surface area contributed by atoms with E-state index < -0.39 is 0 Å². The highest BCUT2D eigenvalue weighted by Gasteiger charge is 2.20. The topological polar surface area (TPSA) is 34.0 Å². The van der Waals surface area contributed by atoms with E-state index >= 15 is 0 Å². The summed E-state index contributed by atoms with van der Waals surface area (Å²) in [4.78, 5) is 12.8. The van der Waals surface area contributed by atoms with Crippen molar-refractivity contribution in [2.24, 2.45) is 0 Å². The Morgan fingerprint density at radius 2 is 0.962 bits per heavy atom. The molecule has 0 aliphatic heterocycles. The summed E-state index contributed by atoms with van der Waals surface area (Å²) < 4.78 is 2.28. The molecule has 0 unspecified atom stereocenters. The number of fused-ring (bicyclic) bond motifs is 6. The van der Waals surface area contributed by atoms with E-state index in [1.54, 1.807) is 0 Å². The van der Waals surface area contributed by atoms with E-state index in [0.717, 1.165) is 78.1 Å². The van der Waals surface area contributed by atoms with Crippen molar-refractivity contribution in [1.82, 2.24) is 14.5 Å². The Balaban J connectivity index is 1.17. The Morgan fingerprint density at radius 3 is 1.69 bits per heavy atom. The third-order valence-electron chi connectivity index (χ3n) is 9.97. The standard InChI is InChI=1S/C48H32N4/c1-4-15-34(16-5-1)51(35-17-6-2-7-18-35)37-29-27-33(28-30-37)47-42-32-31-38-39(46(42)41-21-10-11-24-43(41)49-47)22-14-23-40(38)48-50-44-25-12-13-26-45(44)52(48)36-19-8-3-9-20-36/h1-32H. The number of hydrogen-bond donors (Lipinski definition) is 0. The summed E-state index contributed by atoms with van der Waals surface area (Å²) >= 11 is 0. The lowest BCUT2D eigenvalue weighted by molar-refractivity contribution is 1.11. The Hall–Kier alpha value is -7.04. The van der Waals surface area contributed by atoms with Crippen LogP contribution in [0.3, 0.4) is 0 Å². The summed E-state index contributed by atoms with van der Waals surface area (Å²) in [5.74, 6) is 0.924. The number of pyridine rings is 1. The molecule has 0 aliphatic carbocycles. The number of anilines is 3. The minimum absolute atomic E-state index is 0.924. The summed E-state index contributed by atoms with van der Waals surface area (Å²) in [6.45, 7) is 0. The first-order valence-corrected chi connectivity index (χ1v) is 17.6. The molecule has 0 fully saturated rings. The fraction of sp³-hybridized carbons (Fsp3) is 0. The Bertz CT molecular complexity index is 2840. The van der Waals surface area contributed by atoms with Crippen molar-refractivity contribution in [3.05, 3.63) is 194 Å². The molecule has 0 aliphatic rings. The quantitative estimate of drug-likeness (QED) is 0.166. The molecule has 10 rings (SSSR count). The van der Waals surface area contributed by atoms with Gasteiger partial charge in [0.05, 0.1) is 22.2 Å². The van der Waals surface area contributed by atoms with Gasteiger partial charge in [0, 0.05) is 50.0 Å². The van der Waals surface area contributed by atoms with Crippen LogP contribution in [0.2, 0.25) is 0 Å². The lowest BCUT2D eigenvalue weighted by atomic mass is 9.93. The van der Waals surface area contributed by atoms with Crippen molar-refractivity contribution >= 4 is 60.5 Å². The number of rotatable bonds is 6. The number of nitrogens with zero attached hydrogens (tertiary/aromatic N) is 4. The van der Waals surface area contributed by atoms with E-state index in [1.165, 1.54) is 10.8 Å². The molecule has 4 heteroatoms. The molecule has 0 amide bonds. The number of hydrogen-bond acceptors (Lipinski definition) is 3. The van der Waals surface area contributed by atoms with Crippen LogP contribution in [0.15, 0.2) is 194 Å². The molecule has 0 saturated carbocycles. The van der Waals surface area contributed by atoms with Gasteiger partial charge >= 0.3 is 0 Å². The van der Waals surface area contributed by atoms with Crippen LogP contribution in [0.25, 0.3) is 71.8 Å². The minimum Gasteiger partial charge on any atom is -0.311 e. The number of para-hydroxylation sites is 6. The molecule has 52 heavy (non-hydrogen) atoms. The summed E-state index contributed by atoms with van der Waals surface area (Å²) in [6.07, 6.45) is 0. The molecule has 0 bridgehead atoms. The van der Waals surface area contributed by atoms with E-state index in [0.29, 0.717) is 0 Å². The van der Waals surface area contributed by atoms with Crippen LogP contribution in [-0.4, -0.2) is 14.5 Å². The Kier molecular flexibility index (Phi) is 7.10. The fourth-order valence-electron chi connectivity index (χ4n) is 7.64. The monoisotopic (exact) mass is 664 g/mol. The molecular weight excluding hydrogens is 633 g/mol. The van der Waals surface area contributed by atoms with Gasteiger partial charge in [0.2, 0.25) is 0 Å². The highest BCUT2D eigenvalue weighted by molar-refractivity contribution is 6.24. The van der Waals surface area contributed by atoms with Crippen molar-refractivity contribution in [2.45, 2.75) is 0 Å². The second-order valence-corrected chi connectivity index (χ2v) is 13.0. The van der Waals surface area contributed by atoms with Gasteiger partial charge in [0.25, 0.3) is 0 Å². The maximum absolute atomic E-state index is 5.30. The van der Waals surface area contributed by atoms with Crippen LogP contribution in [0.4, 0.5) is 17.1 Å². The van der Waals surface area contributed by atoms with Crippen molar-refractivity contribution in [1.29, 1.82) is 0 Å². The molecule has 4 nitrogen and oxygen atoms in total. The lowest BCUT2D eigenvalue weighted by Crippen LogP contribution is -2.09. The first-order valence-electron chi connectivity index (χ1n) is 17.6. The second kappa shape index (κ2) is 12.4. The molecule has 0 spiro atoms. The molecule has 10 aromatic rings. The van der Waals surface area contributed by atoms with Gasteiger partial charge in [0.1, 0.15) is 5.82 Å². The summed E-state index contributed by atoms with van der Waals surface area (Å²) in [5, 5.41) is 5.78. The van der Waals surface area contributed by atoms with E-state index in [1.807, 2.05) is 0 Å². The normalized spacial score (nSPS) is 11.5. The van der Waals surface area contributed by atoms with Gasteiger partial charge in [-0.15, -0.1) is 0 Å². The minimum atomic E-state index is 0.924. The van der Waals surface area contributed by atoms with Crippen LogP contribution >= 0.6 is 0 Å². The van der Waals surface area contributed by atoms with E-state index in [9.17, 15) is 0 Å². The molecule has 0 N–H and O–H groups in total. The summed E-state index contributed by atoms with van der Waals surface area (Å²) in [5.41, 5.74) is 10.5. The van der Waals surface area contributed by atoms with Gasteiger partial charge in [-0.1, -0.05) is 127 Å². The molecule has 0 radical (unpaired) electrons. The summed E-state index contributed by atoms with van der Waals surface area (Å²) in [7, 11) is 0. The highest BCUT2D eigenvalue weighted by Crippen LogP contribution is 2.42. The lowest BCUT2D eigenvalue weighted by Gasteiger charge is -2.25. The van der Waals surface area contributed by atoms with Crippen LogP contribution in [0.5, 0.6) is 0 Å². The van der Waals surface area contributed by atoms with E-state index in [2.05, 4.69) is 204 Å². The van der Waals surface area contributed by atoms with Gasteiger partial charge in [-0.25, -0.2) is 9.97 Å². The number of aromatic nitrogens is 3. The van der Waals surface area contributed by atoms with Gasteiger partial charge in [-0.2, -0.15) is 0 Å². The van der Waals surface area contributed by atoms with Crippen LogP contribution in [0.1, 0.15) is 0 Å². The van der Waals surface area contributed by atoms with Crippen LogP contribution in [-0.2, 0) is 0 Å². The van der Waals surface area contributed by atoms with Crippen molar-refractivity contribution < 1.29 is 0 Å².